The van der Waals surface area contributed by atoms with E-state index in [0.29, 0.717) is 6.42 Å². The molecule has 0 bridgehead atoms. The predicted molar refractivity (Wildman–Crippen MR) is 71.2 cm³/mol. The van der Waals surface area contributed by atoms with Crippen molar-refractivity contribution in [2.24, 2.45) is 5.73 Å². The fraction of sp³-hybridized carbons (Fsp3) is 0.200. The molecule has 0 aromatic heterocycles. The molecule has 2 atom stereocenters. The van der Waals surface area contributed by atoms with E-state index in [1.807, 2.05) is 30.3 Å². The Balaban J connectivity index is 2.05. The minimum Gasteiger partial charge on any atom is -0.508 e. The Morgan fingerprint density at radius 3 is 2.17 bits per heavy atom. The highest BCUT2D eigenvalue weighted by Crippen LogP contribution is 2.19. The fourth-order valence-electron chi connectivity index (χ4n) is 1.90. The third-order valence-electron chi connectivity index (χ3n) is 2.98. The maximum absolute atomic E-state index is 10.1. The van der Waals surface area contributed by atoms with Crippen LogP contribution in [0.5, 0.6) is 5.75 Å². The smallest absolute Gasteiger partial charge is 0.115 e. The zero-order valence-corrected chi connectivity index (χ0v) is 10.0. The van der Waals surface area contributed by atoms with Crippen molar-refractivity contribution in [3.05, 3.63) is 65.7 Å². The molecule has 0 aliphatic rings. The minimum absolute atomic E-state index is 0.198. The molecule has 0 fully saturated rings. The highest BCUT2D eigenvalue weighted by atomic mass is 16.3. The van der Waals surface area contributed by atoms with Crippen LogP contribution in [0.2, 0.25) is 0 Å². The van der Waals surface area contributed by atoms with Crippen LogP contribution in [0.4, 0.5) is 0 Å². The van der Waals surface area contributed by atoms with E-state index in [4.69, 9.17) is 5.73 Å². The molecule has 2 aromatic carbocycles. The molecular formula is C15H17NO2. The Bertz CT molecular complexity index is 482. The molecule has 4 N–H and O–H groups in total. The molecule has 2 rings (SSSR count). The number of benzene rings is 2. The third kappa shape index (κ3) is 3.09. The molecule has 0 aliphatic heterocycles. The summed E-state index contributed by atoms with van der Waals surface area (Å²) in [6.07, 6.45) is -0.125. The van der Waals surface area contributed by atoms with E-state index >= 15 is 0 Å². The van der Waals surface area contributed by atoms with Gasteiger partial charge < -0.3 is 15.9 Å². The molecule has 0 saturated heterocycles. The quantitative estimate of drug-likeness (QED) is 0.769. The lowest BCUT2D eigenvalue weighted by molar-refractivity contribution is 0.145. The molecule has 3 nitrogen and oxygen atoms in total. The van der Waals surface area contributed by atoms with Gasteiger partial charge >= 0.3 is 0 Å². The normalized spacial score (nSPS) is 14.1. The summed E-state index contributed by atoms with van der Waals surface area (Å²) in [5.41, 5.74) is 7.88. The van der Waals surface area contributed by atoms with E-state index in [0.717, 1.165) is 11.1 Å². The second kappa shape index (κ2) is 5.67. The maximum Gasteiger partial charge on any atom is 0.115 e. The van der Waals surface area contributed by atoms with Crippen LogP contribution in [0.25, 0.3) is 0 Å². The van der Waals surface area contributed by atoms with Crippen LogP contribution in [0.1, 0.15) is 17.2 Å². The topological polar surface area (TPSA) is 66.5 Å². The van der Waals surface area contributed by atoms with Crippen LogP contribution in [0, 0.1) is 0 Å². The molecular weight excluding hydrogens is 226 g/mol. The second-order valence-electron chi connectivity index (χ2n) is 4.37. The second-order valence-corrected chi connectivity index (χ2v) is 4.37. The van der Waals surface area contributed by atoms with Gasteiger partial charge in [0.05, 0.1) is 12.1 Å². The average molecular weight is 243 g/mol. The van der Waals surface area contributed by atoms with Gasteiger partial charge in [0.1, 0.15) is 5.75 Å². The third-order valence-corrected chi connectivity index (χ3v) is 2.98. The molecule has 0 heterocycles. The number of aromatic hydroxyl groups is 1. The fourth-order valence-corrected chi connectivity index (χ4v) is 1.90. The first-order chi connectivity index (χ1) is 8.66. The first-order valence-electron chi connectivity index (χ1n) is 5.93. The van der Waals surface area contributed by atoms with Gasteiger partial charge in [-0.3, -0.25) is 0 Å². The van der Waals surface area contributed by atoms with Crippen LogP contribution >= 0.6 is 0 Å². The van der Waals surface area contributed by atoms with E-state index in [1.54, 1.807) is 24.3 Å². The first kappa shape index (κ1) is 12.6. The van der Waals surface area contributed by atoms with Crippen molar-refractivity contribution in [2.75, 3.05) is 0 Å². The Morgan fingerprint density at radius 1 is 0.944 bits per heavy atom. The Hall–Kier alpha value is -1.84. The summed E-state index contributed by atoms with van der Waals surface area (Å²) in [5.74, 6) is 0.198. The molecule has 0 aliphatic carbocycles. The van der Waals surface area contributed by atoms with E-state index < -0.39 is 12.1 Å². The molecule has 0 spiro atoms. The van der Waals surface area contributed by atoms with Gasteiger partial charge in [0.2, 0.25) is 0 Å². The number of phenolic OH excluding ortho intramolecular Hbond substituents is 1. The number of aliphatic hydroxyl groups excluding tert-OH is 1. The van der Waals surface area contributed by atoms with Crippen molar-refractivity contribution >= 4 is 0 Å². The van der Waals surface area contributed by atoms with Gasteiger partial charge in [-0.2, -0.15) is 0 Å². The SMILES string of the molecule is N[C@H](c1ccc(O)cc1)[C@@H](O)Cc1ccccc1. The van der Waals surface area contributed by atoms with Crippen LogP contribution in [0.15, 0.2) is 54.6 Å². The number of hydrogen-bond donors (Lipinski definition) is 3. The Morgan fingerprint density at radius 2 is 1.56 bits per heavy atom. The number of hydrogen-bond acceptors (Lipinski definition) is 3. The summed E-state index contributed by atoms with van der Waals surface area (Å²) in [4.78, 5) is 0. The largest absolute Gasteiger partial charge is 0.508 e. The van der Waals surface area contributed by atoms with E-state index in [9.17, 15) is 10.2 Å². The van der Waals surface area contributed by atoms with E-state index in [-0.39, 0.29) is 5.75 Å². The number of rotatable bonds is 4. The lowest BCUT2D eigenvalue weighted by atomic mass is 9.97. The van der Waals surface area contributed by atoms with Crippen LogP contribution in [-0.2, 0) is 6.42 Å². The Kier molecular flexibility index (Phi) is 3.97. The molecule has 2 aromatic rings. The average Bonchev–Trinajstić information content (AvgIpc) is 2.40. The van der Waals surface area contributed by atoms with Gasteiger partial charge in [0.15, 0.2) is 0 Å². The zero-order chi connectivity index (χ0) is 13.0. The van der Waals surface area contributed by atoms with Gasteiger partial charge in [0.25, 0.3) is 0 Å². The summed E-state index contributed by atoms with van der Waals surface area (Å²) in [7, 11) is 0. The molecule has 0 saturated carbocycles. The predicted octanol–water partition coefficient (Wildman–Crippen LogP) is 2.00. The molecule has 3 heteroatoms. The number of aliphatic hydroxyl groups is 1. The van der Waals surface area contributed by atoms with Crippen molar-refractivity contribution in [1.82, 2.24) is 0 Å². The van der Waals surface area contributed by atoms with E-state index in [2.05, 4.69) is 0 Å². The molecule has 0 radical (unpaired) electrons. The monoisotopic (exact) mass is 243 g/mol. The highest BCUT2D eigenvalue weighted by molar-refractivity contribution is 5.29. The lowest BCUT2D eigenvalue weighted by Gasteiger charge is -2.19. The minimum atomic E-state index is -0.642. The molecule has 18 heavy (non-hydrogen) atoms. The maximum atomic E-state index is 10.1. The van der Waals surface area contributed by atoms with Gasteiger partial charge in [-0.05, 0) is 23.3 Å². The standard InChI is InChI=1S/C15H17NO2/c16-15(12-6-8-13(17)9-7-12)14(18)10-11-4-2-1-3-5-11/h1-9,14-15,17-18H,10,16H2/t14-,15+/m0/s1. The zero-order valence-electron chi connectivity index (χ0n) is 10.0. The lowest BCUT2D eigenvalue weighted by Crippen LogP contribution is -2.28. The number of phenols is 1. The summed E-state index contributed by atoms with van der Waals surface area (Å²) >= 11 is 0. The molecule has 0 unspecified atom stereocenters. The van der Waals surface area contributed by atoms with Gasteiger partial charge in [-0.25, -0.2) is 0 Å². The van der Waals surface area contributed by atoms with Crippen LogP contribution < -0.4 is 5.73 Å². The van der Waals surface area contributed by atoms with Gasteiger partial charge in [-0.1, -0.05) is 42.5 Å². The van der Waals surface area contributed by atoms with E-state index in [1.165, 1.54) is 0 Å². The Labute approximate surface area is 107 Å². The van der Waals surface area contributed by atoms with Crippen molar-refractivity contribution in [1.29, 1.82) is 0 Å². The molecule has 0 amide bonds. The van der Waals surface area contributed by atoms with Gasteiger partial charge in [-0.15, -0.1) is 0 Å². The van der Waals surface area contributed by atoms with Crippen molar-refractivity contribution in [3.8, 4) is 5.75 Å². The highest BCUT2D eigenvalue weighted by Gasteiger charge is 2.17. The first-order valence-corrected chi connectivity index (χ1v) is 5.93. The van der Waals surface area contributed by atoms with Crippen LogP contribution in [-0.4, -0.2) is 16.3 Å². The van der Waals surface area contributed by atoms with Crippen molar-refractivity contribution < 1.29 is 10.2 Å². The summed E-state index contributed by atoms with van der Waals surface area (Å²) in [6.45, 7) is 0. The molecule has 94 valence electrons. The van der Waals surface area contributed by atoms with Gasteiger partial charge in [0, 0.05) is 6.42 Å². The summed E-state index contributed by atoms with van der Waals surface area (Å²) in [5, 5.41) is 19.3. The van der Waals surface area contributed by atoms with Crippen molar-refractivity contribution in [3.63, 3.8) is 0 Å². The van der Waals surface area contributed by atoms with Crippen molar-refractivity contribution in [2.45, 2.75) is 18.6 Å². The summed E-state index contributed by atoms with van der Waals surface area (Å²) in [6, 6.07) is 15.9. The number of nitrogens with two attached hydrogens (primary N) is 1. The van der Waals surface area contributed by atoms with Crippen LogP contribution in [0.3, 0.4) is 0 Å². The summed E-state index contributed by atoms with van der Waals surface area (Å²) < 4.78 is 0.